The molecule has 0 aromatic carbocycles. The predicted molar refractivity (Wildman–Crippen MR) is 67.9 cm³/mol. The summed E-state index contributed by atoms with van der Waals surface area (Å²) >= 11 is -1.72. The van der Waals surface area contributed by atoms with E-state index in [9.17, 15) is 0 Å². The maximum absolute atomic E-state index is 4.94. The van der Waals surface area contributed by atoms with E-state index in [0.29, 0.717) is 0 Å². The minimum absolute atomic E-state index is 0. The first-order chi connectivity index (χ1) is 1.73. The molecule has 0 N–H and O–H groups in total. The van der Waals surface area contributed by atoms with Crippen molar-refractivity contribution in [1.82, 2.24) is 0 Å². The van der Waals surface area contributed by atoms with Gasteiger partial charge in [-0.25, -0.2) is 30.1 Å². The van der Waals surface area contributed by atoms with E-state index in [1.165, 1.54) is 0 Å². The van der Waals surface area contributed by atoms with E-state index in [2.05, 4.69) is 0 Å². The molecular formula is H9AlAr2Cl6S2. The maximum Gasteiger partial charge on any atom is 0.643 e. The molecule has 0 aromatic heterocycles. The van der Waals surface area contributed by atoms with Gasteiger partial charge in [0.2, 0.25) is 0 Å². The Balaban J connectivity index is -0.00000000161. The Kier molecular flexibility index (Phi) is 225. The third kappa shape index (κ3) is 93.5. The van der Waals surface area contributed by atoms with Crippen molar-refractivity contribution in [2.75, 3.05) is 0 Å². The average Bonchev–Trinajstić information content (AvgIpc) is 0.811. The Morgan fingerprint density at radius 2 is 0.727 bits per heavy atom. The first kappa shape index (κ1) is 54.9. The molecule has 0 nitrogen and oxygen atoms in total. The van der Waals surface area contributed by atoms with Crippen molar-refractivity contribution in [2.45, 2.75) is 0 Å². The molecule has 0 radical (unpaired) electrons. The zero-order chi connectivity index (χ0) is 3.58. The van der Waals surface area contributed by atoms with E-state index < -0.39 is 11.4 Å². The van der Waals surface area contributed by atoms with Crippen LogP contribution < -0.4 is 0 Å². The molecule has 0 amide bonds. The van der Waals surface area contributed by atoms with Gasteiger partial charge >= 0.3 is 11.4 Å². The van der Waals surface area contributed by atoms with E-state index in [0.717, 1.165) is 0 Å². The van der Waals surface area contributed by atoms with Gasteiger partial charge < -0.3 is 0 Å². The van der Waals surface area contributed by atoms with Crippen LogP contribution >= 0.6 is 94.4 Å². The van der Waals surface area contributed by atoms with Crippen molar-refractivity contribution >= 4 is 106 Å². The molecule has 0 rings (SSSR count). The summed E-state index contributed by atoms with van der Waals surface area (Å²) in [5.41, 5.74) is 0. The molecule has 0 atom stereocenters. The topological polar surface area (TPSA) is 0 Å². The van der Waals surface area contributed by atoms with Crippen LogP contribution in [-0.4, -0.2) is 11.4 Å². The molecule has 0 heterocycles. The van der Waals surface area contributed by atoms with Gasteiger partial charge in [0.15, 0.2) is 0 Å². The summed E-state index contributed by atoms with van der Waals surface area (Å²) in [4.78, 5) is 0. The smallest absolute Gasteiger partial charge is 0.214 e. The minimum Gasteiger partial charge on any atom is -0.214 e. The summed E-state index contributed by atoms with van der Waals surface area (Å²) in [7, 11) is 14.8. The first-order valence-corrected chi connectivity index (χ1v) is 5.89. The molecule has 82 valence electrons. The van der Waals surface area contributed by atoms with Gasteiger partial charge in [0.05, 0.1) is 0 Å². The van der Waals surface area contributed by atoms with Gasteiger partial charge in [-0.3, -0.25) is 0 Å². The molecule has 0 aliphatic heterocycles. The fourth-order valence-corrected chi connectivity index (χ4v) is 0. The maximum atomic E-state index is 4.94. The third-order valence-electron chi connectivity index (χ3n) is 0. The van der Waals surface area contributed by atoms with Crippen LogP contribution in [0.4, 0.5) is 0 Å². The number of halogens is 6. The molecule has 11 heteroatoms. The summed E-state index contributed by atoms with van der Waals surface area (Å²) in [5, 5.41) is 0. The largest absolute Gasteiger partial charge is 0.643 e. The summed E-state index contributed by atoms with van der Waals surface area (Å²) in [6.45, 7) is 0. The van der Waals surface area contributed by atoms with Gasteiger partial charge in [-0.1, -0.05) is 0 Å². The van der Waals surface area contributed by atoms with Gasteiger partial charge in [-0.2, -0.15) is 27.0 Å². The number of hydrogen-bond donors (Lipinski definition) is 0. The molecule has 0 spiro atoms. The molecule has 0 aliphatic rings. The second-order valence-corrected chi connectivity index (χ2v) is 6.68. The molecule has 0 fully saturated rings. The van der Waals surface area contributed by atoms with E-state index in [1.807, 2.05) is 0 Å². The molecule has 0 unspecified atom stereocenters. The molecule has 11 heavy (non-hydrogen) atoms. The van der Waals surface area contributed by atoms with Crippen LogP contribution in [0.1, 0.15) is 1.43 Å². The Bertz CT molecular complexity index is 28.3. The summed E-state index contributed by atoms with van der Waals surface area (Å²) in [6, 6.07) is 0. The van der Waals surface area contributed by atoms with Crippen molar-refractivity contribution < 1.29 is 76.9 Å². The molecule has 0 bridgehead atoms. The quantitative estimate of drug-likeness (QED) is 0.554. The zero-order valence-electron chi connectivity index (χ0n) is 4.64. The van der Waals surface area contributed by atoms with Crippen LogP contribution in [0.25, 0.3) is 0 Å². The van der Waals surface area contributed by atoms with Gasteiger partial charge in [-0.15, -0.1) is 37.2 Å². The van der Waals surface area contributed by atoms with Crippen molar-refractivity contribution in [1.29, 1.82) is 0 Å². The first-order valence-electron chi connectivity index (χ1n) is 0.655. The standard InChI is InChI=1S/Al.2Ar.6ClH.2H2S.H2/h;;;6*1H;2*1H2;1H/q+3;;;;;;;;;;;/p-3. The van der Waals surface area contributed by atoms with E-state index in [1.54, 1.807) is 0 Å². The van der Waals surface area contributed by atoms with Gasteiger partial charge in [-0.05, 0) is 0 Å². The average molecular weight is 393 g/mol. The number of hydrogen-bond acceptors (Lipinski definition) is 0. The molecular weight excluding hydrogens is 384 g/mol. The zero-order valence-corrected chi connectivity index (χ0v) is 13.9. The Hall–Kier alpha value is 5.49. The normalized spacial score (nSPS) is 2.45. The van der Waals surface area contributed by atoms with Gasteiger partial charge in [0.25, 0.3) is 0 Å². The van der Waals surface area contributed by atoms with Crippen LogP contribution in [0.3, 0.4) is 0 Å². The Labute approximate surface area is 178 Å². The summed E-state index contributed by atoms with van der Waals surface area (Å²) in [6.07, 6.45) is 0. The molecule has 0 aromatic rings. The van der Waals surface area contributed by atoms with E-state index in [4.69, 9.17) is 30.1 Å². The molecule has 0 aliphatic carbocycles. The van der Waals surface area contributed by atoms with Crippen LogP contribution in [0.5, 0.6) is 0 Å². The molecule has 0 saturated heterocycles. The number of rotatable bonds is 0. The van der Waals surface area contributed by atoms with Crippen molar-refractivity contribution in [3.05, 3.63) is 0 Å². The van der Waals surface area contributed by atoms with Gasteiger partial charge in [0.1, 0.15) is 0 Å². The molecule has 0 saturated carbocycles. The predicted octanol–water partition coefficient (Wildman–Crippen LogP) is 3.42. The van der Waals surface area contributed by atoms with Crippen molar-refractivity contribution in [2.24, 2.45) is 0 Å². The van der Waals surface area contributed by atoms with Crippen molar-refractivity contribution in [3.8, 4) is 0 Å². The summed E-state index contributed by atoms with van der Waals surface area (Å²) in [5.74, 6) is 0. The monoisotopic (exact) mass is 390 g/mol. The van der Waals surface area contributed by atoms with Crippen molar-refractivity contribution in [3.63, 3.8) is 0 Å². The van der Waals surface area contributed by atoms with Crippen LogP contribution in [0, 0.1) is 75.5 Å². The van der Waals surface area contributed by atoms with Crippen LogP contribution in [-0.2, 0) is 0 Å². The fourth-order valence-electron chi connectivity index (χ4n) is 0. The SMILES string of the molecule is Cl.Cl.Cl.S.S.[Ar].[Ar].[Cl][Al]([Cl])[Cl].[HH]. The van der Waals surface area contributed by atoms with E-state index in [-0.39, 0.29) is 141 Å². The Morgan fingerprint density at radius 3 is 0.727 bits per heavy atom. The Morgan fingerprint density at radius 1 is 0.727 bits per heavy atom. The second kappa shape index (κ2) is 45.1. The van der Waals surface area contributed by atoms with Crippen LogP contribution in [0.2, 0.25) is 0 Å². The minimum atomic E-state index is -1.72. The van der Waals surface area contributed by atoms with E-state index >= 15 is 0 Å². The van der Waals surface area contributed by atoms with Crippen LogP contribution in [0.15, 0.2) is 0 Å². The summed E-state index contributed by atoms with van der Waals surface area (Å²) < 4.78 is 0. The fraction of sp³-hybridized carbons (Fsp3) is 0. The second-order valence-electron chi connectivity index (χ2n) is 0.247. The van der Waals surface area contributed by atoms with Gasteiger partial charge in [0, 0.05) is 76.9 Å². The third-order valence-corrected chi connectivity index (χ3v) is 0.